The Kier molecular flexibility index (Phi) is 7.03. The van der Waals surface area contributed by atoms with E-state index in [0.717, 1.165) is 37.9 Å². The minimum absolute atomic E-state index is 0.0834. The summed E-state index contributed by atoms with van der Waals surface area (Å²) in [6.07, 6.45) is 14.3. The van der Waals surface area contributed by atoms with Gasteiger partial charge in [-0.3, -0.25) is 14.0 Å². The number of imidazole rings is 1. The molecule has 204 valence electrons. The van der Waals surface area contributed by atoms with E-state index in [4.69, 9.17) is 10.7 Å². The van der Waals surface area contributed by atoms with Gasteiger partial charge in [-0.15, -0.1) is 0 Å². The van der Waals surface area contributed by atoms with E-state index in [0.29, 0.717) is 22.5 Å². The van der Waals surface area contributed by atoms with Crippen LogP contribution in [0.2, 0.25) is 0 Å². The van der Waals surface area contributed by atoms with Crippen LogP contribution in [0, 0.1) is 17.7 Å². The van der Waals surface area contributed by atoms with Crippen molar-refractivity contribution in [2.24, 2.45) is 0 Å². The van der Waals surface area contributed by atoms with Gasteiger partial charge in [0.1, 0.15) is 28.7 Å². The van der Waals surface area contributed by atoms with E-state index in [-0.39, 0.29) is 28.2 Å². The molecule has 0 aliphatic heterocycles. The van der Waals surface area contributed by atoms with Crippen LogP contribution < -0.4 is 16.4 Å². The average molecular weight is 539 g/mol. The van der Waals surface area contributed by atoms with E-state index >= 15 is 4.39 Å². The summed E-state index contributed by atoms with van der Waals surface area (Å²) in [5, 5.41) is 5.83. The third-order valence-electron chi connectivity index (χ3n) is 7.91. The number of fused-ring (bicyclic) bond motifs is 3. The molecule has 2 saturated carbocycles. The first-order valence-electron chi connectivity index (χ1n) is 13.2. The molecule has 9 heteroatoms. The molecule has 2 aliphatic rings. The summed E-state index contributed by atoms with van der Waals surface area (Å²) in [7, 11) is 0. The Morgan fingerprint density at radius 1 is 1.23 bits per heavy atom. The lowest BCUT2D eigenvalue weighted by molar-refractivity contribution is -0.117. The quantitative estimate of drug-likeness (QED) is 0.301. The van der Waals surface area contributed by atoms with Crippen LogP contribution in [0.3, 0.4) is 0 Å². The van der Waals surface area contributed by atoms with Gasteiger partial charge in [0.25, 0.3) is 11.8 Å². The Bertz CT molecular complexity index is 1650. The number of hydrogen-bond acceptors (Lipinski definition) is 5. The molecule has 2 fully saturated rings. The molecule has 0 saturated heterocycles. The molecule has 2 aromatic heterocycles. The van der Waals surface area contributed by atoms with Crippen molar-refractivity contribution in [3.8, 4) is 23.1 Å². The molecule has 5 rings (SSSR count). The van der Waals surface area contributed by atoms with Gasteiger partial charge in [-0.1, -0.05) is 36.8 Å². The van der Waals surface area contributed by atoms with Crippen LogP contribution in [0.15, 0.2) is 67.2 Å². The molecule has 0 unspecified atom stereocenters. The lowest BCUT2D eigenvalue weighted by Crippen LogP contribution is -2.44. The summed E-state index contributed by atoms with van der Waals surface area (Å²) in [6.45, 7) is 6.96. The Labute approximate surface area is 232 Å². The van der Waals surface area contributed by atoms with E-state index in [9.17, 15) is 9.59 Å². The fourth-order valence-corrected chi connectivity index (χ4v) is 6.12. The lowest BCUT2D eigenvalue weighted by atomic mass is 9.83. The second-order valence-electron chi connectivity index (χ2n) is 10.5. The Morgan fingerprint density at radius 2 is 2.00 bits per heavy atom. The minimum Gasteiger partial charge on any atom is -0.382 e. The third kappa shape index (κ3) is 4.77. The largest absolute Gasteiger partial charge is 0.382 e. The molecule has 4 N–H and O–H groups in total. The predicted octanol–water partition coefficient (Wildman–Crippen LogP) is 4.59. The number of carbonyl (C=O) groups excluding carboxylic acids is 2. The monoisotopic (exact) mass is 538 g/mol. The van der Waals surface area contributed by atoms with Gasteiger partial charge in [0.15, 0.2) is 0 Å². The zero-order valence-electron chi connectivity index (χ0n) is 22.6. The molecule has 2 heterocycles. The van der Waals surface area contributed by atoms with Crippen molar-refractivity contribution >= 4 is 23.1 Å². The highest BCUT2D eigenvalue weighted by Crippen LogP contribution is 2.57. The maximum atomic E-state index is 15.3. The average Bonchev–Trinajstić information content (AvgIpc) is 3.60. The Balaban J connectivity index is 1.49. The first-order chi connectivity index (χ1) is 19.2. The molecule has 2 amide bonds. The molecule has 0 atom stereocenters. The van der Waals surface area contributed by atoms with Crippen LogP contribution in [0.25, 0.3) is 16.8 Å². The summed E-state index contributed by atoms with van der Waals surface area (Å²) < 4.78 is 17.2. The van der Waals surface area contributed by atoms with Crippen LogP contribution in [-0.4, -0.2) is 31.7 Å². The van der Waals surface area contributed by atoms with Crippen LogP contribution in [0.4, 0.5) is 10.2 Å². The van der Waals surface area contributed by atoms with Gasteiger partial charge in [0.05, 0.1) is 5.56 Å². The fourth-order valence-electron chi connectivity index (χ4n) is 6.12. The van der Waals surface area contributed by atoms with Gasteiger partial charge in [-0.05, 0) is 70.1 Å². The number of nitrogens with one attached hydrogen (secondary N) is 2. The maximum Gasteiger partial charge on any atom is 0.296 e. The molecule has 0 radical (unpaired) electrons. The number of nitrogens with two attached hydrogens (primary N) is 1. The molecule has 1 aromatic carbocycles. The standard InChI is InChI=1S/C31H31FN6O2/c1-4-6-7-9-20(3)35-28(40)22-11-10-21(18-23(22)32)25-26-27(33)34-16-17-38(26)29(36-25)30-12-14-31(19-30,15-13-30)37-24(39)8-5-2/h4,6-7,9-11,16-18H,1,12-15,19H2,2-3H3,(H2,33,34)(H,35,40)(H,37,39)/b7-6-,20-9+. The van der Waals surface area contributed by atoms with Crippen LogP contribution >= 0.6 is 0 Å². The number of aromatic nitrogens is 3. The molecule has 2 bridgehead atoms. The number of amides is 2. The van der Waals surface area contributed by atoms with E-state index in [2.05, 4.69) is 34.0 Å². The highest BCUT2D eigenvalue weighted by Gasteiger charge is 2.57. The molecule has 0 spiro atoms. The summed E-state index contributed by atoms with van der Waals surface area (Å²) in [6, 6.07) is 4.42. The predicted molar refractivity (Wildman–Crippen MR) is 152 cm³/mol. The number of benzene rings is 1. The minimum atomic E-state index is -0.673. The second kappa shape index (κ2) is 10.5. The number of carbonyl (C=O) groups is 2. The SMILES string of the molecule is C=C/C=C\C=C(/C)NC(=O)c1ccc(-c2nc(C34CCC(NC(=O)C#CC)(CC3)C4)n3ccnc(N)c23)cc1F. The molecular formula is C31H31FN6O2. The normalized spacial score (nSPS) is 21.8. The highest BCUT2D eigenvalue weighted by molar-refractivity contribution is 5.96. The second-order valence-corrected chi connectivity index (χ2v) is 10.5. The highest BCUT2D eigenvalue weighted by atomic mass is 19.1. The van der Waals surface area contributed by atoms with E-state index in [1.54, 1.807) is 50.4 Å². The van der Waals surface area contributed by atoms with Gasteiger partial charge in [0, 0.05) is 34.6 Å². The third-order valence-corrected chi connectivity index (χ3v) is 7.91. The van der Waals surface area contributed by atoms with E-state index < -0.39 is 11.7 Å². The Hall–Kier alpha value is -4.71. The summed E-state index contributed by atoms with van der Waals surface area (Å²) in [4.78, 5) is 34.3. The lowest BCUT2D eigenvalue weighted by Gasteiger charge is -2.27. The van der Waals surface area contributed by atoms with Crippen molar-refractivity contribution in [1.82, 2.24) is 25.0 Å². The number of nitrogen functional groups attached to an aromatic ring is 1. The van der Waals surface area contributed by atoms with Crippen molar-refractivity contribution in [3.63, 3.8) is 0 Å². The smallest absolute Gasteiger partial charge is 0.296 e. The van der Waals surface area contributed by atoms with E-state index in [1.165, 1.54) is 12.1 Å². The topological polar surface area (TPSA) is 114 Å². The molecule has 3 aromatic rings. The first-order valence-corrected chi connectivity index (χ1v) is 13.2. The summed E-state index contributed by atoms with van der Waals surface area (Å²) in [5.74, 6) is 4.85. The number of rotatable bonds is 7. The maximum absolute atomic E-state index is 15.3. The van der Waals surface area contributed by atoms with Crippen molar-refractivity contribution < 1.29 is 14.0 Å². The molecule has 2 aliphatic carbocycles. The molecule has 40 heavy (non-hydrogen) atoms. The van der Waals surface area contributed by atoms with Crippen molar-refractivity contribution in [2.45, 2.75) is 56.9 Å². The van der Waals surface area contributed by atoms with Crippen LogP contribution in [-0.2, 0) is 10.2 Å². The van der Waals surface area contributed by atoms with E-state index in [1.807, 2.05) is 10.6 Å². The Morgan fingerprint density at radius 3 is 2.70 bits per heavy atom. The van der Waals surface area contributed by atoms with Crippen molar-refractivity contribution in [2.75, 3.05) is 5.73 Å². The number of anilines is 1. The van der Waals surface area contributed by atoms with Gasteiger partial charge in [-0.2, -0.15) is 0 Å². The fraction of sp³-hybridized carbons (Fsp3) is 0.290. The molecule has 8 nitrogen and oxygen atoms in total. The number of hydrogen-bond donors (Lipinski definition) is 3. The van der Waals surface area contributed by atoms with Gasteiger partial charge >= 0.3 is 0 Å². The van der Waals surface area contributed by atoms with Crippen molar-refractivity contribution in [3.05, 3.63) is 84.4 Å². The summed E-state index contributed by atoms with van der Waals surface area (Å²) in [5.41, 5.74) is 7.79. The number of nitrogens with zero attached hydrogens (tertiary/aromatic N) is 3. The van der Waals surface area contributed by atoms with Crippen molar-refractivity contribution in [1.29, 1.82) is 0 Å². The van der Waals surface area contributed by atoms with Gasteiger partial charge in [-0.25, -0.2) is 14.4 Å². The first kappa shape index (κ1) is 26.9. The number of halogens is 1. The van der Waals surface area contributed by atoms with Gasteiger partial charge in [0.2, 0.25) is 0 Å². The van der Waals surface area contributed by atoms with Gasteiger partial charge < -0.3 is 16.4 Å². The zero-order valence-corrected chi connectivity index (χ0v) is 22.6. The number of allylic oxidation sites excluding steroid dienone is 5. The summed E-state index contributed by atoms with van der Waals surface area (Å²) >= 11 is 0. The molecular weight excluding hydrogens is 507 g/mol. The zero-order chi connectivity index (χ0) is 28.5. The van der Waals surface area contributed by atoms with Crippen LogP contribution in [0.5, 0.6) is 0 Å². The van der Waals surface area contributed by atoms with Crippen LogP contribution in [0.1, 0.15) is 62.1 Å².